The molecule has 0 saturated carbocycles. The van der Waals surface area contributed by atoms with Gasteiger partial charge in [-0.2, -0.15) is 0 Å². The molecule has 3 heteroatoms. The van der Waals surface area contributed by atoms with Crippen molar-refractivity contribution >= 4 is 5.97 Å². The van der Waals surface area contributed by atoms with E-state index in [0.29, 0.717) is 13.2 Å². The quantitative estimate of drug-likeness (QED) is 0.462. The molecule has 0 rings (SSSR count). The van der Waals surface area contributed by atoms with Crippen LogP contribution in [0.3, 0.4) is 0 Å². The van der Waals surface area contributed by atoms with Crippen molar-refractivity contribution in [3.63, 3.8) is 0 Å². The zero-order valence-corrected chi connectivity index (χ0v) is 10.4. The first-order valence-corrected chi connectivity index (χ1v) is 5.90. The molecule has 15 heavy (non-hydrogen) atoms. The van der Waals surface area contributed by atoms with Crippen LogP contribution in [0.4, 0.5) is 0 Å². The van der Waals surface area contributed by atoms with Crippen LogP contribution in [0, 0.1) is 5.92 Å². The maximum atomic E-state index is 11.5. The second-order valence-electron chi connectivity index (χ2n) is 3.98. The second-order valence-corrected chi connectivity index (χ2v) is 3.98. The molecule has 0 fully saturated rings. The lowest BCUT2D eigenvalue weighted by Crippen LogP contribution is -2.20. The zero-order chi connectivity index (χ0) is 11.7. The van der Waals surface area contributed by atoms with Gasteiger partial charge in [-0.3, -0.25) is 4.79 Å². The zero-order valence-electron chi connectivity index (χ0n) is 10.4. The maximum absolute atomic E-state index is 11.5. The van der Waals surface area contributed by atoms with E-state index in [9.17, 15) is 4.79 Å². The molecular weight excluding hydrogens is 192 g/mol. The van der Waals surface area contributed by atoms with Gasteiger partial charge in [0.2, 0.25) is 0 Å². The Morgan fingerprint density at radius 3 is 2.33 bits per heavy atom. The summed E-state index contributed by atoms with van der Waals surface area (Å²) in [5.41, 5.74) is 0. The van der Waals surface area contributed by atoms with Crippen LogP contribution in [-0.2, 0) is 14.3 Å². The van der Waals surface area contributed by atoms with Crippen LogP contribution in [0.15, 0.2) is 0 Å². The Bertz CT molecular complexity index is 166. The van der Waals surface area contributed by atoms with E-state index in [1.54, 1.807) is 0 Å². The highest BCUT2D eigenvalue weighted by Crippen LogP contribution is 2.12. The van der Waals surface area contributed by atoms with Gasteiger partial charge in [0.1, 0.15) is 6.61 Å². The van der Waals surface area contributed by atoms with Crippen molar-refractivity contribution in [2.24, 2.45) is 5.92 Å². The highest BCUT2D eigenvalue weighted by molar-refractivity contribution is 5.72. The monoisotopic (exact) mass is 216 g/mol. The van der Waals surface area contributed by atoms with Crippen LogP contribution in [0.5, 0.6) is 0 Å². The summed E-state index contributed by atoms with van der Waals surface area (Å²) in [6.07, 6.45) is 3.00. The summed E-state index contributed by atoms with van der Waals surface area (Å²) >= 11 is 0. The third kappa shape index (κ3) is 7.37. The molecule has 1 atom stereocenters. The van der Waals surface area contributed by atoms with E-state index >= 15 is 0 Å². The third-order valence-corrected chi connectivity index (χ3v) is 2.24. The standard InChI is InChI=1S/C12H24O3/c1-5-7-11(6-2)12(13)15-9-8-14-10(3)4/h10-11H,5-9H2,1-4H3. The van der Waals surface area contributed by atoms with Crippen molar-refractivity contribution in [1.29, 1.82) is 0 Å². The van der Waals surface area contributed by atoms with Gasteiger partial charge in [0, 0.05) is 0 Å². The van der Waals surface area contributed by atoms with Crippen molar-refractivity contribution in [2.45, 2.75) is 53.1 Å². The van der Waals surface area contributed by atoms with Gasteiger partial charge >= 0.3 is 5.97 Å². The lowest BCUT2D eigenvalue weighted by atomic mass is 10.0. The van der Waals surface area contributed by atoms with Crippen LogP contribution in [-0.4, -0.2) is 25.3 Å². The number of esters is 1. The molecule has 90 valence electrons. The Morgan fingerprint density at radius 1 is 1.20 bits per heavy atom. The fourth-order valence-electron chi connectivity index (χ4n) is 1.38. The van der Waals surface area contributed by atoms with Gasteiger partial charge < -0.3 is 9.47 Å². The van der Waals surface area contributed by atoms with Crippen LogP contribution in [0.25, 0.3) is 0 Å². The Kier molecular flexibility index (Phi) is 8.38. The predicted octanol–water partition coefficient (Wildman–Crippen LogP) is 2.78. The molecule has 3 nitrogen and oxygen atoms in total. The van der Waals surface area contributed by atoms with Gasteiger partial charge in [0.25, 0.3) is 0 Å². The first-order chi connectivity index (χ1) is 7.11. The summed E-state index contributed by atoms with van der Waals surface area (Å²) in [5, 5.41) is 0. The molecule has 0 aliphatic heterocycles. The van der Waals surface area contributed by atoms with Gasteiger partial charge in [0.05, 0.1) is 18.6 Å². The minimum Gasteiger partial charge on any atom is -0.463 e. The van der Waals surface area contributed by atoms with E-state index < -0.39 is 0 Å². The summed E-state index contributed by atoms with van der Waals surface area (Å²) in [6, 6.07) is 0. The number of carbonyl (C=O) groups is 1. The Balaban J connectivity index is 3.62. The minimum absolute atomic E-state index is 0.0639. The Labute approximate surface area is 93.1 Å². The molecule has 0 aromatic rings. The van der Waals surface area contributed by atoms with Gasteiger partial charge in [-0.05, 0) is 26.7 Å². The molecule has 0 saturated heterocycles. The molecule has 0 aromatic carbocycles. The number of hydrogen-bond acceptors (Lipinski definition) is 3. The van der Waals surface area contributed by atoms with Crippen molar-refractivity contribution < 1.29 is 14.3 Å². The molecule has 0 N–H and O–H groups in total. The molecule has 0 spiro atoms. The first kappa shape index (κ1) is 14.4. The normalized spacial score (nSPS) is 12.9. The van der Waals surface area contributed by atoms with Crippen LogP contribution in [0.1, 0.15) is 47.0 Å². The first-order valence-electron chi connectivity index (χ1n) is 5.90. The van der Waals surface area contributed by atoms with E-state index in [1.165, 1.54) is 0 Å². The van der Waals surface area contributed by atoms with Gasteiger partial charge in [-0.1, -0.05) is 20.3 Å². The Morgan fingerprint density at radius 2 is 1.87 bits per heavy atom. The number of hydrogen-bond donors (Lipinski definition) is 0. The van der Waals surface area contributed by atoms with Crippen LogP contribution < -0.4 is 0 Å². The summed E-state index contributed by atoms with van der Waals surface area (Å²) in [7, 11) is 0. The van der Waals surface area contributed by atoms with Gasteiger partial charge in [-0.25, -0.2) is 0 Å². The number of rotatable bonds is 8. The molecule has 0 aliphatic carbocycles. The van der Waals surface area contributed by atoms with Crippen molar-refractivity contribution in [2.75, 3.05) is 13.2 Å². The fraction of sp³-hybridized carbons (Fsp3) is 0.917. The van der Waals surface area contributed by atoms with Crippen LogP contribution in [0.2, 0.25) is 0 Å². The highest BCUT2D eigenvalue weighted by Gasteiger charge is 2.16. The van der Waals surface area contributed by atoms with Crippen molar-refractivity contribution in [3.05, 3.63) is 0 Å². The molecule has 0 aliphatic rings. The van der Waals surface area contributed by atoms with E-state index in [4.69, 9.17) is 9.47 Å². The van der Waals surface area contributed by atoms with E-state index in [1.807, 2.05) is 20.8 Å². The maximum Gasteiger partial charge on any atom is 0.308 e. The molecule has 1 unspecified atom stereocenters. The summed E-state index contributed by atoms with van der Waals surface area (Å²) in [6.45, 7) is 8.90. The summed E-state index contributed by atoms with van der Waals surface area (Å²) in [4.78, 5) is 11.5. The lowest BCUT2D eigenvalue weighted by molar-refractivity contribution is -0.150. The summed E-state index contributed by atoms with van der Waals surface area (Å²) in [5.74, 6) is -0.0132. The molecule has 0 bridgehead atoms. The molecule has 0 radical (unpaired) electrons. The molecule has 0 heterocycles. The summed E-state index contributed by atoms with van der Waals surface area (Å²) < 4.78 is 10.4. The van der Waals surface area contributed by atoms with Crippen LogP contribution >= 0.6 is 0 Å². The number of carbonyl (C=O) groups excluding carboxylic acids is 1. The van der Waals surface area contributed by atoms with Gasteiger partial charge in [-0.15, -0.1) is 0 Å². The predicted molar refractivity (Wildman–Crippen MR) is 60.7 cm³/mol. The average Bonchev–Trinajstić information content (AvgIpc) is 2.20. The van der Waals surface area contributed by atoms with Crippen molar-refractivity contribution in [3.8, 4) is 0 Å². The SMILES string of the molecule is CCCC(CC)C(=O)OCCOC(C)C. The number of ether oxygens (including phenoxy) is 2. The lowest BCUT2D eigenvalue weighted by Gasteiger charge is -2.13. The fourth-order valence-corrected chi connectivity index (χ4v) is 1.38. The minimum atomic E-state index is -0.0771. The smallest absolute Gasteiger partial charge is 0.308 e. The van der Waals surface area contributed by atoms with Gasteiger partial charge in [0.15, 0.2) is 0 Å². The van der Waals surface area contributed by atoms with E-state index in [-0.39, 0.29) is 18.0 Å². The highest BCUT2D eigenvalue weighted by atomic mass is 16.6. The van der Waals surface area contributed by atoms with Crippen molar-refractivity contribution in [1.82, 2.24) is 0 Å². The van der Waals surface area contributed by atoms with E-state index in [0.717, 1.165) is 19.3 Å². The molecular formula is C12H24O3. The molecule has 0 aromatic heterocycles. The Hall–Kier alpha value is -0.570. The second kappa shape index (κ2) is 8.72. The third-order valence-electron chi connectivity index (χ3n) is 2.24. The topological polar surface area (TPSA) is 35.5 Å². The largest absolute Gasteiger partial charge is 0.463 e. The van der Waals surface area contributed by atoms with E-state index in [2.05, 4.69) is 6.92 Å². The average molecular weight is 216 g/mol. The molecule has 0 amide bonds.